The van der Waals surface area contributed by atoms with Gasteiger partial charge in [0.05, 0.1) is 18.6 Å². The molecule has 1 fully saturated rings. The highest BCUT2D eigenvalue weighted by atomic mass is 16.5. The third-order valence-corrected chi connectivity index (χ3v) is 4.88. The van der Waals surface area contributed by atoms with Crippen LogP contribution in [0.1, 0.15) is 46.8 Å². The van der Waals surface area contributed by atoms with Crippen LogP contribution in [0, 0.1) is 5.92 Å². The Morgan fingerprint density at radius 2 is 1.92 bits per heavy atom. The van der Waals surface area contributed by atoms with Crippen molar-refractivity contribution in [1.82, 2.24) is 5.32 Å². The van der Waals surface area contributed by atoms with Gasteiger partial charge in [-0.05, 0) is 36.6 Å². The van der Waals surface area contributed by atoms with Crippen LogP contribution in [0.25, 0.3) is 0 Å². The summed E-state index contributed by atoms with van der Waals surface area (Å²) in [4.78, 5) is 24.3. The highest BCUT2D eigenvalue weighted by Gasteiger charge is 2.27. The summed E-state index contributed by atoms with van der Waals surface area (Å²) in [6.45, 7) is 3.02. The van der Waals surface area contributed by atoms with Gasteiger partial charge in [-0.15, -0.1) is 0 Å². The summed E-state index contributed by atoms with van der Waals surface area (Å²) < 4.78 is 5.43. The molecule has 0 aromatic heterocycles. The smallest absolute Gasteiger partial charge is 0.308 e. The molecule has 2 aromatic rings. The second-order valence-corrected chi connectivity index (χ2v) is 6.67. The van der Waals surface area contributed by atoms with Gasteiger partial charge in [0.25, 0.3) is 5.91 Å². The van der Waals surface area contributed by atoms with Crippen molar-refractivity contribution in [3.8, 4) is 0 Å². The number of rotatable bonds is 6. The quantitative estimate of drug-likeness (QED) is 0.835. The van der Waals surface area contributed by atoms with Gasteiger partial charge in [-0.3, -0.25) is 9.59 Å². The van der Waals surface area contributed by atoms with E-state index in [4.69, 9.17) is 4.74 Å². The molecule has 3 rings (SSSR count). The van der Waals surface area contributed by atoms with E-state index in [1.54, 1.807) is 13.0 Å². The van der Waals surface area contributed by atoms with E-state index in [0.717, 1.165) is 24.2 Å². The fourth-order valence-electron chi connectivity index (χ4n) is 3.26. The number of carboxylic acids is 1. The molecule has 0 saturated carbocycles. The van der Waals surface area contributed by atoms with Crippen LogP contribution < -0.4 is 5.32 Å². The molecule has 2 N–H and O–H groups in total. The lowest BCUT2D eigenvalue weighted by molar-refractivity contribution is -0.142. The van der Waals surface area contributed by atoms with Crippen molar-refractivity contribution in [2.24, 2.45) is 5.92 Å². The molecule has 3 atom stereocenters. The molecule has 1 heterocycles. The van der Waals surface area contributed by atoms with Gasteiger partial charge >= 0.3 is 5.97 Å². The zero-order valence-electron chi connectivity index (χ0n) is 14.7. The van der Waals surface area contributed by atoms with Gasteiger partial charge in [0.1, 0.15) is 0 Å². The maximum absolute atomic E-state index is 12.8. The molecule has 2 aromatic carbocycles. The fourth-order valence-corrected chi connectivity index (χ4v) is 3.26. The van der Waals surface area contributed by atoms with Crippen molar-refractivity contribution in [3.05, 3.63) is 71.3 Å². The molecule has 26 heavy (non-hydrogen) atoms. The van der Waals surface area contributed by atoms with Gasteiger partial charge in [0.2, 0.25) is 0 Å². The third-order valence-electron chi connectivity index (χ3n) is 4.88. The summed E-state index contributed by atoms with van der Waals surface area (Å²) >= 11 is 0. The largest absolute Gasteiger partial charge is 0.481 e. The Hall–Kier alpha value is -2.66. The number of aliphatic carboxylic acids is 1. The van der Waals surface area contributed by atoms with Crippen LogP contribution in [0.4, 0.5) is 0 Å². The fraction of sp³-hybridized carbons (Fsp3) is 0.333. The van der Waals surface area contributed by atoms with E-state index in [1.807, 2.05) is 48.5 Å². The Kier molecular flexibility index (Phi) is 5.68. The highest BCUT2D eigenvalue weighted by molar-refractivity contribution is 5.95. The van der Waals surface area contributed by atoms with Gasteiger partial charge in [-0.2, -0.15) is 0 Å². The number of carboxylic acid groups (broad SMARTS) is 1. The second kappa shape index (κ2) is 8.15. The molecule has 0 bridgehead atoms. The lowest BCUT2D eigenvalue weighted by atomic mass is 9.93. The Balaban J connectivity index is 1.81. The first-order valence-electron chi connectivity index (χ1n) is 8.82. The lowest BCUT2D eigenvalue weighted by Crippen LogP contribution is -2.35. The molecule has 3 unspecified atom stereocenters. The van der Waals surface area contributed by atoms with Gasteiger partial charge in [-0.1, -0.05) is 42.5 Å². The van der Waals surface area contributed by atoms with Crippen LogP contribution in [-0.4, -0.2) is 30.2 Å². The summed E-state index contributed by atoms with van der Waals surface area (Å²) in [6.07, 6.45) is 0.952. The van der Waals surface area contributed by atoms with Crippen molar-refractivity contribution in [1.29, 1.82) is 0 Å². The molecular weight excluding hydrogens is 330 g/mol. The molecule has 5 heteroatoms. The minimum Gasteiger partial charge on any atom is -0.481 e. The maximum Gasteiger partial charge on any atom is 0.308 e. The zero-order chi connectivity index (χ0) is 18.5. The van der Waals surface area contributed by atoms with E-state index in [9.17, 15) is 14.7 Å². The topological polar surface area (TPSA) is 75.6 Å². The summed E-state index contributed by atoms with van der Waals surface area (Å²) in [5, 5.41) is 12.3. The van der Waals surface area contributed by atoms with Gasteiger partial charge in [0.15, 0.2) is 0 Å². The monoisotopic (exact) mass is 353 g/mol. The molecule has 0 radical (unpaired) electrons. The molecular formula is C21H23NO4. The van der Waals surface area contributed by atoms with Crippen LogP contribution in [-0.2, 0) is 9.53 Å². The predicted octanol–water partition coefficient (Wildman–Crippen LogP) is 3.38. The van der Waals surface area contributed by atoms with E-state index >= 15 is 0 Å². The first-order valence-corrected chi connectivity index (χ1v) is 8.82. The number of carbonyl (C=O) groups is 2. The molecule has 5 nitrogen and oxygen atoms in total. The SMILES string of the molecule is CC(C(=O)O)C(NC(=O)c1cccc(C2CCOC2)c1)c1ccccc1. The number of ether oxygens (including phenoxy) is 1. The normalized spacial score (nSPS) is 18.9. The van der Waals surface area contributed by atoms with E-state index in [-0.39, 0.29) is 5.91 Å². The lowest BCUT2D eigenvalue weighted by Gasteiger charge is -2.23. The Morgan fingerprint density at radius 1 is 1.15 bits per heavy atom. The summed E-state index contributed by atoms with van der Waals surface area (Å²) in [6, 6.07) is 16.1. The Labute approximate surface area is 153 Å². The predicted molar refractivity (Wildman–Crippen MR) is 98.1 cm³/mol. The van der Waals surface area contributed by atoms with Crippen molar-refractivity contribution >= 4 is 11.9 Å². The van der Waals surface area contributed by atoms with Gasteiger partial charge in [-0.25, -0.2) is 0 Å². The summed E-state index contributed by atoms with van der Waals surface area (Å²) in [7, 11) is 0. The number of nitrogens with one attached hydrogen (secondary N) is 1. The number of carbonyl (C=O) groups excluding carboxylic acids is 1. The summed E-state index contributed by atoms with van der Waals surface area (Å²) in [5.41, 5.74) is 2.39. The number of hydrogen-bond donors (Lipinski definition) is 2. The highest BCUT2D eigenvalue weighted by Crippen LogP contribution is 2.27. The minimum atomic E-state index is -0.948. The molecule has 0 spiro atoms. The van der Waals surface area contributed by atoms with E-state index < -0.39 is 17.9 Å². The van der Waals surface area contributed by atoms with Crippen LogP contribution in [0.3, 0.4) is 0 Å². The van der Waals surface area contributed by atoms with Gasteiger partial charge < -0.3 is 15.2 Å². The van der Waals surface area contributed by atoms with Crippen LogP contribution in [0.15, 0.2) is 54.6 Å². The second-order valence-electron chi connectivity index (χ2n) is 6.67. The average molecular weight is 353 g/mol. The molecule has 136 valence electrons. The van der Waals surface area contributed by atoms with Crippen LogP contribution in [0.5, 0.6) is 0 Å². The standard InChI is InChI=1S/C21H23NO4/c1-14(21(24)25)19(15-6-3-2-4-7-15)22-20(23)17-9-5-8-16(12-17)18-10-11-26-13-18/h2-9,12,14,18-19H,10-11,13H2,1H3,(H,22,23)(H,24,25). The van der Waals surface area contributed by atoms with E-state index in [0.29, 0.717) is 18.1 Å². The Morgan fingerprint density at radius 3 is 2.58 bits per heavy atom. The first-order chi connectivity index (χ1) is 12.6. The van der Waals surface area contributed by atoms with E-state index in [2.05, 4.69) is 5.32 Å². The van der Waals surface area contributed by atoms with Crippen LogP contribution >= 0.6 is 0 Å². The van der Waals surface area contributed by atoms with E-state index in [1.165, 1.54) is 0 Å². The summed E-state index contributed by atoms with van der Waals surface area (Å²) in [5.74, 6) is -1.65. The average Bonchev–Trinajstić information content (AvgIpc) is 3.21. The molecule has 0 aliphatic carbocycles. The van der Waals surface area contributed by atoms with Crippen molar-refractivity contribution in [3.63, 3.8) is 0 Å². The van der Waals surface area contributed by atoms with Gasteiger partial charge in [0, 0.05) is 18.1 Å². The first kappa shape index (κ1) is 18.1. The number of benzene rings is 2. The molecule has 1 aliphatic heterocycles. The molecule has 1 aliphatic rings. The zero-order valence-corrected chi connectivity index (χ0v) is 14.7. The molecule has 1 saturated heterocycles. The molecule has 1 amide bonds. The van der Waals surface area contributed by atoms with Crippen LogP contribution in [0.2, 0.25) is 0 Å². The third kappa shape index (κ3) is 4.11. The number of hydrogen-bond acceptors (Lipinski definition) is 3. The Bertz CT molecular complexity index is 769. The van der Waals surface area contributed by atoms with Crippen molar-refractivity contribution in [2.45, 2.75) is 25.3 Å². The maximum atomic E-state index is 12.8. The van der Waals surface area contributed by atoms with Crippen molar-refractivity contribution in [2.75, 3.05) is 13.2 Å². The van der Waals surface area contributed by atoms with Crippen molar-refractivity contribution < 1.29 is 19.4 Å². The number of amides is 1. The minimum absolute atomic E-state index is 0.271.